The van der Waals surface area contributed by atoms with Gasteiger partial charge in [0.2, 0.25) is 0 Å². The zero-order valence-corrected chi connectivity index (χ0v) is 11.3. The molecule has 1 heterocycles. The highest BCUT2D eigenvalue weighted by Gasteiger charge is 2.13. The van der Waals surface area contributed by atoms with Crippen molar-refractivity contribution in [2.24, 2.45) is 0 Å². The zero-order chi connectivity index (χ0) is 13.8. The predicted octanol–water partition coefficient (Wildman–Crippen LogP) is 3.02. The normalized spacial score (nSPS) is 9.89. The molecule has 0 radical (unpaired) electrons. The topological polar surface area (TPSA) is 78.9 Å². The molecule has 0 aliphatic heterocycles. The minimum atomic E-state index is -0.164. The number of nitrogens with zero attached hydrogens (tertiary/aromatic N) is 1. The van der Waals surface area contributed by atoms with E-state index in [-0.39, 0.29) is 5.91 Å². The van der Waals surface area contributed by atoms with E-state index in [1.54, 1.807) is 18.2 Å². The van der Waals surface area contributed by atoms with Gasteiger partial charge in [-0.25, -0.2) is 0 Å². The van der Waals surface area contributed by atoms with Crippen LogP contribution in [0.5, 0.6) is 0 Å². The van der Waals surface area contributed by atoms with Gasteiger partial charge in [0.1, 0.15) is 0 Å². The number of anilines is 2. The van der Waals surface area contributed by atoms with Gasteiger partial charge >= 0.3 is 0 Å². The van der Waals surface area contributed by atoms with Gasteiger partial charge in [0.15, 0.2) is 0 Å². The number of aryl methyl sites for hydroxylation is 1. The van der Waals surface area contributed by atoms with Gasteiger partial charge in [-0.05, 0) is 41.6 Å². The molecule has 2 aromatic rings. The maximum atomic E-state index is 12.1. The van der Waals surface area contributed by atoms with Crippen LogP contribution in [0.3, 0.4) is 0 Å². The summed E-state index contributed by atoms with van der Waals surface area (Å²) in [6, 6.07) is 8.77. The van der Waals surface area contributed by atoms with E-state index in [0.29, 0.717) is 21.8 Å². The quantitative estimate of drug-likeness (QED) is 0.842. The fourth-order valence-electron chi connectivity index (χ4n) is 1.74. The Morgan fingerprint density at radius 2 is 2.26 bits per heavy atom. The monoisotopic (exact) mass is 271 g/mol. The summed E-state index contributed by atoms with van der Waals surface area (Å²) >= 11 is 1.41. The van der Waals surface area contributed by atoms with Crippen molar-refractivity contribution in [1.29, 1.82) is 5.26 Å². The first-order valence-electron chi connectivity index (χ1n) is 5.83. The molecule has 1 aromatic carbocycles. The van der Waals surface area contributed by atoms with E-state index >= 15 is 0 Å². The molecule has 5 heteroatoms. The standard InChI is InChI=1S/C14H13N3OS/c1-2-10-5-6-19-13(10)14(18)17-12-4-3-9(8-15)7-11(12)16/h3-7H,2,16H2,1H3,(H,17,18). The first-order chi connectivity index (χ1) is 9.15. The second kappa shape index (κ2) is 5.55. The lowest BCUT2D eigenvalue weighted by Gasteiger charge is -2.08. The van der Waals surface area contributed by atoms with E-state index in [1.807, 2.05) is 24.4 Å². The summed E-state index contributed by atoms with van der Waals surface area (Å²) in [5.74, 6) is -0.164. The summed E-state index contributed by atoms with van der Waals surface area (Å²) in [7, 11) is 0. The van der Waals surface area contributed by atoms with Crippen LogP contribution >= 0.6 is 11.3 Å². The molecule has 3 N–H and O–H groups in total. The molecule has 96 valence electrons. The molecular weight excluding hydrogens is 258 g/mol. The van der Waals surface area contributed by atoms with Crippen LogP contribution in [0.1, 0.15) is 27.7 Å². The number of hydrogen-bond donors (Lipinski definition) is 2. The molecule has 0 spiro atoms. The second-order valence-electron chi connectivity index (χ2n) is 4.00. The molecule has 0 atom stereocenters. The molecule has 1 aromatic heterocycles. The fraction of sp³-hybridized carbons (Fsp3) is 0.143. The number of hydrogen-bond acceptors (Lipinski definition) is 4. The Balaban J connectivity index is 2.22. The third kappa shape index (κ3) is 2.75. The van der Waals surface area contributed by atoms with E-state index < -0.39 is 0 Å². The van der Waals surface area contributed by atoms with Gasteiger partial charge in [0.25, 0.3) is 5.91 Å². The maximum Gasteiger partial charge on any atom is 0.266 e. The molecule has 1 amide bonds. The molecule has 4 nitrogen and oxygen atoms in total. The van der Waals surface area contributed by atoms with E-state index in [0.717, 1.165) is 12.0 Å². The third-order valence-electron chi connectivity index (χ3n) is 2.76. The number of thiophene rings is 1. The summed E-state index contributed by atoms with van der Waals surface area (Å²) in [6.45, 7) is 2.01. The Morgan fingerprint density at radius 1 is 1.47 bits per heavy atom. The first-order valence-corrected chi connectivity index (χ1v) is 6.71. The molecule has 0 fully saturated rings. The Kier molecular flexibility index (Phi) is 3.83. The van der Waals surface area contributed by atoms with Gasteiger partial charge in [-0.15, -0.1) is 11.3 Å². The molecule has 0 saturated carbocycles. The summed E-state index contributed by atoms with van der Waals surface area (Å²) in [5.41, 5.74) is 8.22. The SMILES string of the molecule is CCc1ccsc1C(=O)Nc1ccc(C#N)cc1N. The number of nitrogen functional groups attached to an aromatic ring is 1. The smallest absolute Gasteiger partial charge is 0.266 e. The number of nitrogens with two attached hydrogens (primary N) is 1. The average Bonchev–Trinajstić information content (AvgIpc) is 2.89. The van der Waals surface area contributed by atoms with Crippen LogP contribution in [0.4, 0.5) is 11.4 Å². The minimum Gasteiger partial charge on any atom is -0.397 e. The summed E-state index contributed by atoms with van der Waals surface area (Å²) in [4.78, 5) is 12.8. The van der Waals surface area contributed by atoms with Gasteiger partial charge in [0.05, 0.1) is 27.9 Å². The minimum absolute atomic E-state index is 0.164. The van der Waals surface area contributed by atoms with Crippen LogP contribution in [-0.2, 0) is 6.42 Å². The third-order valence-corrected chi connectivity index (χ3v) is 3.72. The molecule has 0 aliphatic carbocycles. The maximum absolute atomic E-state index is 12.1. The number of benzene rings is 1. The van der Waals surface area contributed by atoms with Crippen LogP contribution in [0.15, 0.2) is 29.6 Å². The van der Waals surface area contributed by atoms with Crippen LogP contribution in [0, 0.1) is 11.3 Å². The number of rotatable bonds is 3. The highest BCUT2D eigenvalue weighted by atomic mass is 32.1. The fourth-order valence-corrected chi connectivity index (χ4v) is 2.63. The van der Waals surface area contributed by atoms with Crippen molar-refractivity contribution in [3.8, 4) is 6.07 Å². The van der Waals surface area contributed by atoms with Crippen molar-refractivity contribution in [2.45, 2.75) is 13.3 Å². The van der Waals surface area contributed by atoms with E-state index in [1.165, 1.54) is 11.3 Å². The van der Waals surface area contributed by atoms with Gasteiger partial charge < -0.3 is 11.1 Å². The second-order valence-corrected chi connectivity index (χ2v) is 4.91. The highest BCUT2D eigenvalue weighted by molar-refractivity contribution is 7.12. The molecule has 0 bridgehead atoms. The Hall–Kier alpha value is -2.32. The lowest BCUT2D eigenvalue weighted by molar-refractivity contribution is 0.103. The first kappa shape index (κ1) is 13.1. The van der Waals surface area contributed by atoms with Crippen molar-refractivity contribution in [2.75, 3.05) is 11.1 Å². The van der Waals surface area contributed by atoms with Crippen molar-refractivity contribution in [3.05, 3.63) is 45.6 Å². The number of carbonyl (C=O) groups is 1. The Bertz CT molecular complexity index is 655. The van der Waals surface area contributed by atoms with E-state index in [2.05, 4.69) is 5.32 Å². The number of carbonyl (C=O) groups excluding carboxylic acids is 1. The molecule has 0 saturated heterocycles. The number of amides is 1. The van der Waals surface area contributed by atoms with Gasteiger partial charge in [-0.3, -0.25) is 4.79 Å². The molecular formula is C14H13N3OS. The highest BCUT2D eigenvalue weighted by Crippen LogP contribution is 2.23. The molecule has 19 heavy (non-hydrogen) atoms. The van der Waals surface area contributed by atoms with Gasteiger partial charge in [0, 0.05) is 0 Å². The van der Waals surface area contributed by atoms with Crippen LogP contribution in [0.2, 0.25) is 0 Å². The van der Waals surface area contributed by atoms with Crippen LogP contribution in [0.25, 0.3) is 0 Å². The molecule has 2 rings (SSSR count). The lowest BCUT2D eigenvalue weighted by Crippen LogP contribution is -2.13. The summed E-state index contributed by atoms with van der Waals surface area (Å²) in [5, 5.41) is 13.4. The van der Waals surface area contributed by atoms with Crippen LogP contribution in [-0.4, -0.2) is 5.91 Å². The average molecular weight is 271 g/mol. The molecule has 0 unspecified atom stereocenters. The number of nitrogens with one attached hydrogen (secondary N) is 1. The summed E-state index contributed by atoms with van der Waals surface area (Å²) < 4.78 is 0. The van der Waals surface area contributed by atoms with Crippen molar-refractivity contribution >= 4 is 28.6 Å². The van der Waals surface area contributed by atoms with Gasteiger partial charge in [-0.2, -0.15) is 5.26 Å². The predicted molar refractivity (Wildman–Crippen MR) is 77.2 cm³/mol. The van der Waals surface area contributed by atoms with E-state index in [9.17, 15) is 4.79 Å². The number of nitriles is 1. The Morgan fingerprint density at radius 3 is 2.89 bits per heavy atom. The van der Waals surface area contributed by atoms with E-state index in [4.69, 9.17) is 11.0 Å². The molecule has 0 aliphatic rings. The van der Waals surface area contributed by atoms with Crippen molar-refractivity contribution in [1.82, 2.24) is 0 Å². The van der Waals surface area contributed by atoms with Crippen molar-refractivity contribution in [3.63, 3.8) is 0 Å². The van der Waals surface area contributed by atoms with Crippen molar-refractivity contribution < 1.29 is 4.79 Å². The largest absolute Gasteiger partial charge is 0.397 e. The van der Waals surface area contributed by atoms with Crippen LogP contribution < -0.4 is 11.1 Å². The Labute approximate surface area is 115 Å². The lowest BCUT2D eigenvalue weighted by atomic mass is 10.1. The zero-order valence-electron chi connectivity index (χ0n) is 10.4. The van der Waals surface area contributed by atoms with Gasteiger partial charge in [-0.1, -0.05) is 6.92 Å². The summed E-state index contributed by atoms with van der Waals surface area (Å²) in [6.07, 6.45) is 0.815.